The molecule has 115 heavy (non-hydrogen) atoms. The van der Waals surface area contributed by atoms with Gasteiger partial charge in [-0.3, -0.25) is 9.59 Å². The van der Waals surface area contributed by atoms with Crippen molar-refractivity contribution < 1.29 is 163 Å². The van der Waals surface area contributed by atoms with Crippen molar-refractivity contribution >= 4 is 11.8 Å². The van der Waals surface area contributed by atoms with Gasteiger partial charge in [0.05, 0.1) is 58.4 Å². The van der Waals surface area contributed by atoms with Crippen molar-refractivity contribution in [3.8, 4) is 0 Å². The molecule has 0 radical (unpaired) electrons. The van der Waals surface area contributed by atoms with E-state index in [1.165, 1.54) is 128 Å². The molecule has 6 fully saturated rings. The summed E-state index contributed by atoms with van der Waals surface area (Å²) in [6, 6.07) is -2.92. The van der Waals surface area contributed by atoms with Crippen LogP contribution in [0, 0.1) is 0 Å². The maximum absolute atomic E-state index is 13.6. The number of aliphatic hydroxyl groups excluding tert-OH is 19. The van der Waals surface area contributed by atoms with Crippen LogP contribution in [-0.2, 0) is 66.4 Å². The third kappa shape index (κ3) is 31.8. The van der Waals surface area contributed by atoms with Crippen LogP contribution < -0.4 is 10.6 Å². The molecule has 35 heteroatoms. The molecule has 0 bridgehead atoms. The number of ether oxygens (including phenoxy) is 12. The SMILES string of the molecule is CCCCCCCC/C=C\CCCCCCCCCCCCCC(=O)N[C@@H](CO[C@@H]1OC(CO)[C@@H](O[C@@H]2OC(CO)[C@H](O)[C@H](O[C@H]3OC(CO)[C@H](O)[C@H](O[C@@H]4OC(CO)[C@H](O)[C@H](O[C@@H]5OC(CO)[C@H](O)[C@H](O[C@H]6OC(CO)[C@H](O)[C@H](O)C6O)C5O)C4NC(C)=O)C3O)C2O)[C@H](O)C1O)[C@H](O)/C=C/CCCCCCCCCCCCC. The maximum atomic E-state index is 13.6. The lowest BCUT2D eigenvalue weighted by atomic mass is 9.94. The Morgan fingerprint density at radius 3 is 1.05 bits per heavy atom. The Morgan fingerprint density at radius 1 is 0.339 bits per heavy atom. The molecule has 6 aliphatic rings. The van der Waals surface area contributed by atoms with Crippen LogP contribution in [0.1, 0.15) is 226 Å². The number of carbonyl (C=O) groups excluding carboxylic acids is 2. The van der Waals surface area contributed by atoms with E-state index in [1.54, 1.807) is 6.08 Å². The van der Waals surface area contributed by atoms with Gasteiger partial charge in [-0.05, 0) is 44.9 Å². The predicted octanol–water partition coefficient (Wildman–Crippen LogP) is -0.451. The first-order chi connectivity index (χ1) is 55.4. The molecule has 0 aromatic carbocycles. The summed E-state index contributed by atoms with van der Waals surface area (Å²) in [5.41, 5.74) is 0. The highest BCUT2D eigenvalue weighted by molar-refractivity contribution is 5.76. The van der Waals surface area contributed by atoms with E-state index in [0.29, 0.717) is 12.8 Å². The number of allylic oxidation sites excluding steroid dienone is 3. The number of rotatable bonds is 56. The minimum atomic E-state index is -2.30. The third-order valence-electron chi connectivity index (χ3n) is 22.5. The zero-order chi connectivity index (χ0) is 83.9. The largest absolute Gasteiger partial charge is 0.394 e. The van der Waals surface area contributed by atoms with Gasteiger partial charge >= 0.3 is 0 Å². The Bertz CT molecular complexity index is 2630. The van der Waals surface area contributed by atoms with Gasteiger partial charge in [0.1, 0.15) is 146 Å². The molecule has 35 nitrogen and oxygen atoms in total. The lowest BCUT2D eigenvalue weighted by Crippen LogP contribution is -2.70. The summed E-state index contributed by atoms with van der Waals surface area (Å²) >= 11 is 0. The third-order valence-corrected chi connectivity index (χ3v) is 22.5. The quantitative estimate of drug-likeness (QED) is 0.0271. The van der Waals surface area contributed by atoms with Gasteiger partial charge in [-0.1, -0.05) is 192 Å². The summed E-state index contributed by atoms with van der Waals surface area (Å²) in [6.07, 6.45) is -14.3. The molecule has 6 heterocycles. The molecule has 672 valence electrons. The first kappa shape index (κ1) is 101. The van der Waals surface area contributed by atoms with Gasteiger partial charge in [-0.15, -0.1) is 0 Å². The predicted molar refractivity (Wildman–Crippen MR) is 410 cm³/mol. The van der Waals surface area contributed by atoms with Crippen LogP contribution in [0.25, 0.3) is 0 Å². The monoisotopic (exact) mass is 1660 g/mol. The van der Waals surface area contributed by atoms with E-state index in [4.69, 9.17) is 56.8 Å². The molecule has 0 aromatic rings. The highest BCUT2D eigenvalue weighted by atomic mass is 16.8. The van der Waals surface area contributed by atoms with Gasteiger partial charge in [0.25, 0.3) is 0 Å². The smallest absolute Gasteiger partial charge is 0.220 e. The van der Waals surface area contributed by atoms with E-state index in [2.05, 4.69) is 36.6 Å². The zero-order valence-corrected chi connectivity index (χ0v) is 67.6. The van der Waals surface area contributed by atoms with E-state index in [9.17, 15) is 107 Å². The average molecular weight is 1660 g/mol. The number of amides is 2. The number of unbranched alkanes of at least 4 members (excludes halogenated alkanes) is 28. The van der Waals surface area contributed by atoms with Crippen LogP contribution in [0.3, 0.4) is 0 Å². The minimum absolute atomic E-state index is 0.170. The molecule has 0 aliphatic carbocycles. The molecule has 6 rings (SSSR count). The molecule has 0 aromatic heterocycles. The fourth-order valence-electron chi connectivity index (χ4n) is 15.4. The van der Waals surface area contributed by atoms with Crippen molar-refractivity contribution in [1.82, 2.24) is 10.6 Å². The highest BCUT2D eigenvalue weighted by Crippen LogP contribution is 2.38. The lowest BCUT2D eigenvalue weighted by Gasteiger charge is -2.50. The van der Waals surface area contributed by atoms with Crippen molar-refractivity contribution in [3.63, 3.8) is 0 Å². The number of hydrogen-bond acceptors (Lipinski definition) is 33. The van der Waals surface area contributed by atoms with E-state index in [1.807, 2.05) is 6.08 Å². The summed E-state index contributed by atoms with van der Waals surface area (Å²) in [7, 11) is 0. The normalized spacial score (nSPS) is 36.7. The van der Waals surface area contributed by atoms with Crippen LogP contribution >= 0.6 is 0 Å². The Labute approximate surface area is 676 Å². The molecule has 6 aliphatic heterocycles. The first-order valence-electron chi connectivity index (χ1n) is 42.6. The fraction of sp³-hybridized carbons (Fsp3) is 0.925. The number of hydrogen-bond donors (Lipinski definition) is 21. The molecule has 6 saturated heterocycles. The van der Waals surface area contributed by atoms with E-state index in [-0.39, 0.29) is 12.3 Å². The number of aliphatic hydroxyl groups is 19. The lowest BCUT2D eigenvalue weighted by molar-refractivity contribution is -0.392. The van der Waals surface area contributed by atoms with Crippen molar-refractivity contribution in [2.24, 2.45) is 0 Å². The van der Waals surface area contributed by atoms with E-state index < -0.39 is 248 Å². The summed E-state index contributed by atoms with van der Waals surface area (Å²) in [6.45, 7) is -0.999. The molecule has 2 amide bonds. The Morgan fingerprint density at radius 2 is 0.652 bits per heavy atom. The van der Waals surface area contributed by atoms with Crippen molar-refractivity contribution in [3.05, 3.63) is 24.3 Å². The summed E-state index contributed by atoms with van der Waals surface area (Å²) in [5.74, 6) is -1.24. The maximum Gasteiger partial charge on any atom is 0.220 e. The molecule has 32 atom stereocenters. The Hall–Kier alpha value is -2.82. The molecule has 12 unspecified atom stereocenters. The van der Waals surface area contributed by atoms with Gasteiger partial charge in [0, 0.05) is 13.3 Å². The van der Waals surface area contributed by atoms with Gasteiger partial charge in [-0.2, -0.15) is 0 Å². The van der Waals surface area contributed by atoms with Crippen LogP contribution in [0.4, 0.5) is 0 Å². The summed E-state index contributed by atoms with van der Waals surface area (Å²) in [4.78, 5) is 26.6. The zero-order valence-electron chi connectivity index (χ0n) is 67.6. The van der Waals surface area contributed by atoms with Crippen molar-refractivity contribution in [1.29, 1.82) is 0 Å². The van der Waals surface area contributed by atoms with Crippen LogP contribution in [0.15, 0.2) is 24.3 Å². The summed E-state index contributed by atoms with van der Waals surface area (Å²) < 4.78 is 70.3. The molecule has 21 N–H and O–H groups in total. The van der Waals surface area contributed by atoms with Gasteiger partial charge < -0.3 is 164 Å². The van der Waals surface area contributed by atoms with Crippen LogP contribution in [0.2, 0.25) is 0 Å². The topological polar surface area (TPSA) is 553 Å². The van der Waals surface area contributed by atoms with Gasteiger partial charge in [-0.25, -0.2) is 0 Å². The van der Waals surface area contributed by atoms with Gasteiger partial charge in [0.2, 0.25) is 11.8 Å². The average Bonchev–Trinajstić information content (AvgIpc) is 0.768. The van der Waals surface area contributed by atoms with Crippen LogP contribution in [-0.4, -0.2) is 351 Å². The Balaban J connectivity index is 1.07. The Kier molecular flexibility index (Phi) is 48.6. The van der Waals surface area contributed by atoms with Crippen molar-refractivity contribution in [2.45, 2.75) is 423 Å². The van der Waals surface area contributed by atoms with Crippen LogP contribution in [0.5, 0.6) is 0 Å². The van der Waals surface area contributed by atoms with Gasteiger partial charge in [0.15, 0.2) is 37.7 Å². The minimum Gasteiger partial charge on any atom is -0.394 e. The summed E-state index contributed by atoms with van der Waals surface area (Å²) in [5, 5.41) is 216. The molecular weight excluding hydrogens is 1520 g/mol. The standard InChI is InChI=1S/C80H144N2O33/c1-4-6-8-10-12-14-16-18-19-20-21-22-23-24-25-27-29-31-33-35-37-39-56(91)82-48(49(90)38-36-34-32-30-28-26-17-15-13-11-9-7-5-2)46-104-76-66(100)64(98)70(55(45-88)110-76)111-78-68(102)74(62(96)53(43-86)107-78)115-80-67(101)72(60(94)52(42-85)109-80)113-75-57(81-47(3)89)71(59(93)51(41-84)105-75)112-79-69(103)73(61(95)54(44-87)108-79)114-77-65(99)63(97)58(92)50(40-83)106-77/h18-19,36,38,48-55,57-80,83-88,90,92-103H,4-17,20-35,37,39-46H2,1-3H3,(H,81,89)(H,82,91)/b19-18-,38-36+/t48-,49+,50?,51?,52?,53?,54?,55?,57?,58-,59-,60-,61-,62-,63-,64+,65?,66?,67?,68?,69?,70+,71+,72-,73-,74-,75-,76+,77+,78-,79-,80+/m0/s1. The fourth-order valence-corrected chi connectivity index (χ4v) is 15.4. The first-order valence-corrected chi connectivity index (χ1v) is 42.6. The number of nitrogens with one attached hydrogen (secondary N) is 2. The molecule has 0 spiro atoms. The second-order valence-corrected chi connectivity index (χ2v) is 31.7. The van der Waals surface area contributed by atoms with Crippen molar-refractivity contribution in [2.75, 3.05) is 46.2 Å². The highest BCUT2D eigenvalue weighted by Gasteiger charge is 2.59. The molecule has 0 saturated carbocycles. The van der Waals surface area contributed by atoms with E-state index >= 15 is 0 Å². The van der Waals surface area contributed by atoms with E-state index in [0.717, 1.165) is 64.7 Å². The molecular formula is C80H144N2O33. The number of carbonyl (C=O) groups is 2. The second-order valence-electron chi connectivity index (χ2n) is 31.7. The second kappa shape index (κ2) is 55.3.